The number of nitrogens with one attached hydrogen (secondary N) is 1. The highest BCUT2D eigenvalue weighted by Crippen LogP contribution is 2.24. The molecule has 0 radical (unpaired) electrons. The maximum Gasteiger partial charge on any atom is 0.324 e. The zero-order chi connectivity index (χ0) is 22.8. The van der Waals surface area contributed by atoms with Gasteiger partial charge in [-0.2, -0.15) is 0 Å². The van der Waals surface area contributed by atoms with Gasteiger partial charge in [0, 0.05) is 44.0 Å². The van der Waals surface area contributed by atoms with Gasteiger partial charge in [-0.1, -0.05) is 30.3 Å². The van der Waals surface area contributed by atoms with Crippen LogP contribution in [0.5, 0.6) is 0 Å². The molecule has 32 heavy (non-hydrogen) atoms. The van der Waals surface area contributed by atoms with E-state index in [0.29, 0.717) is 26.2 Å². The van der Waals surface area contributed by atoms with E-state index in [2.05, 4.69) is 42.3 Å². The van der Waals surface area contributed by atoms with Crippen LogP contribution >= 0.6 is 0 Å². The predicted molar refractivity (Wildman–Crippen MR) is 119 cm³/mol. The van der Waals surface area contributed by atoms with Crippen molar-refractivity contribution < 1.29 is 18.8 Å². The third-order valence-corrected chi connectivity index (χ3v) is 6.15. The van der Waals surface area contributed by atoms with E-state index in [4.69, 9.17) is 0 Å². The number of piperazine rings is 1. The fourth-order valence-corrected chi connectivity index (χ4v) is 4.25. The Bertz CT molecular complexity index is 1050. The lowest BCUT2D eigenvalue weighted by Crippen LogP contribution is -2.60. The molecular formula is C24H27FN4O3. The van der Waals surface area contributed by atoms with Crippen molar-refractivity contribution in [2.45, 2.75) is 20.4 Å². The Morgan fingerprint density at radius 2 is 1.78 bits per heavy atom. The van der Waals surface area contributed by atoms with Crippen LogP contribution in [-0.4, -0.2) is 60.4 Å². The summed E-state index contributed by atoms with van der Waals surface area (Å²) in [6.07, 6.45) is 0. The third-order valence-electron chi connectivity index (χ3n) is 6.15. The van der Waals surface area contributed by atoms with E-state index in [1.54, 1.807) is 17.0 Å². The molecule has 1 unspecified atom stereocenters. The minimum absolute atomic E-state index is 0.0402. The lowest BCUT2D eigenvalue weighted by Gasteiger charge is -2.39. The predicted octanol–water partition coefficient (Wildman–Crippen LogP) is 2.46. The molecule has 1 atom stereocenters. The third kappa shape index (κ3) is 4.30. The highest BCUT2D eigenvalue weighted by molar-refractivity contribution is 6.08. The van der Waals surface area contributed by atoms with Gasteiger partial charge in [-0.15, -0.1) is 0 Å². The van der Waals surface area contributed by atoms with Crippen LogP contribution in [0.4, 0.5) is 14.9 Å². The highest BCUT2D eigenvalue weighted by Gasteiger charge is 2.41. The minimum atomic E-state index is -0.994. The van der Waals surface area contributed by atoms with Crippen LogP contribution in [0.15, 0.2) is 42.5 Å². The number of anilines is 1. The first-order valence-electron chi connectivity index (χ1n) is 10.8. The van der Waals surface area contributed by atoms with Gasteiger partial charge in [-0.3, -0.25) is 14.5 Å². The van der Waals surface area contributed by atoms with Crippen molar-refractivity contribution >= 4 is 23.5 Å². The summed E-state index contributed by atoms with van der Waals surface area (Å²) < 4.78 is 14.0. The molecule has 4 rings (SSSR count). The number of imide groups is 1. The second-order valence-corrected chi connectivity index (χ2v) is 8.36. The molecule has 0 bridgehead atoms. The number of rotatable bonds is 4. The SMILES string of the molecule is Cc1ccc(C)c(N2CCN(C(=O)C3CNC(=O)N(Cc4ccccc4F)C3=O)CC2)c1. The standard InChI is InChI=1S/C24H27FN4O3/c1-16-7-8-17(2)21(13-16)27-9-11-28(12-10-27)22(30)19-14-26-24(32)29(23(19)31)15-18-5-3-4-6-20(18)25/h3-8,13,19H,9-12,14-15H2,1-2H3,(H,26,32). The van der Waals surface area contributed by atoms with E-state index in [-0.39, 0.29) is 24.6 Å². The van der Waals surface area contributed by atoms with Gasteiger partial charge in [0.25, 0.3) is 0 Å². The first-order valence-corrected chi connectivity index (χ1v) is 10.8. The number of amides is 4. The fraction of sp³-hybridized carbons (Fsp3) is 0.375. The van der Waals surface area contributed by atoms with Gasteiger partial charge in [-0.05, 0) is 37.1 Å². The largest absolute Gasteiger partial charge is 0.368 e. The van der Waals surface area contributed by atoms with Gasteiger partial charge >= 0.3 is 6.03 Å². The Kier molecular flexibility index (Phi) is 6.12. The molecule has 7 nitrogen and oxygen atoms in total. The van der Waals surface area contributed by atoms with Gasteiger partial charge in [-0.25, -0.2) is 9.18 Å². The van der Waals surface area contributed by atoms with Crippen molar-refractivity contribution in [3.05, 3.63) is 65.0 Å². The molecule has 2 heterocycles. The molecule has 4 amide bonds. The summed E-state index contributed by atoms with van der Waals surface area (Å²) in [6.45, 7) is 6.21. The van der Waals surface area contributed by atoms with E-state index in [1.807, 2.05) is 0 Å². The number of carbonyl (C=O) groups excluding carboxylic acids is 3. The Labute approximate surface area is 186 Å². The van der Waals surface area contributed by atoms with Crippen molar-refractivity contribution in [2.75, 3.05) is 37.6 Å². The maximum absolute atomic E-state index is 14.0. The summed E-state index contributed by atoms with van der Waals surface area (Å²) in [5, 5.41) is 2.61. The van der Waals surface area contributed by atoms with Crippen LogP contribution in [0.3, 0.4) is 0 Å². The first kappa shape index (κ1) is 21.8. The minimum Gasteiger partial charge on any atom is -0.368 e. The summed E-state index contributed by atoms with van der Waals surface area (Å²) in [4.78, 5) is 43.2. The Hall–Kier alpha value is -3.42. The van der Waals surface area contributed by atoms with E-state index < -0.39 is 23.7 Å². The van der Waals surface area contributed by atoms with Gasteiger partial charge in [0.15, 0.2) is 0 Å². The quantitative estimate of drug-likeness (QED) is 0.745. The monoisotopic (exact) mass is 438 g/mol. The normalized spacial score (nSPS) is 19.2. The molecule has 0 saturated carbocycles. The van der Waals surface area contributed by atoms with E-state index >= 15 is 0 Å². The molecule has 168 valence electrons. The van der Waals surface area contributed by atoms with Crippen LogP contribution in [-0.2, 0) is 16.1 Å². The summed E-state index contributed by atoms with van der Waals surface area (Å²) in [5.41, 5.74) is 3.76. The summed E-state index contributed by atoms with van der Waals surface area (Å²) >= 11 is 0. The number of hydrogen-bond donors (Lipinski definition) is 1. The Morgan fingerprint density at radius 1 is 1.06 bits per heavy atom. The molecule has 2 aromatic carbocycles. The van der Waals surface area contributed by atoms with Crippen LogP contribution < -0.4 is 10.2 Å². The molecule has 2 fully saturated rings. The maximum atomic E-state index is 14.0. The van der Waals surface area contributed by atoms with Gasteiger partial charge in [0.2, 0.25) is 11.8 Å². The summed E-state index contributed by atoms with van der Waals surface area (Å²) in [5.74, 6) is -2.37. The number of halogens is 1. The zero-order valence-electron chi connectivity index (χ0n) is 18.3. The fourth-order valence-electron chi connectivity index (χ4n) is 4.25. The van der Waals surface area contributed by atoms with E-state index in [1.165, 1.54) is 23.3 Å². The number of nitrogens with zero attached hydrogens (tertiary/aromatic N) is 3. The molecule has 2 aromatic rings. The van der Waals surface area contributed by atoms with Crippen molar-refractivity contribution in [1.82, 2.24) is 15.1 Å². The number of hydrogen-bond acceptors (Lipinski definition) is 4. The molecule has 8 heteroatoms. The van der Waals surface area contributed by atoms with Crippen molar-refractivity contribution in [1.29, 1.82) is 0 Å². The van der Waals surface area contributed by atoms with Gasteiger partial charge in [0.05, 0.1) is 6.54 Å². The topological polar surface area (TPSA) is 73.0 Å². The van der Waals surface area contributed by atoms with Crippen LogP contribution in [0.2, 0.25) is 0 Å². The molecule has 2 aliphatic heterocycles. The molecule has 2 aliphatic rings. The highest BCUT2D eigenvalue weighted by atomic mass is 19.1. The van der Waals surface area contributed by atoms with E-state index in [9.17, 15) is 18.8 Å². The summed E-state index contributed by atoms with van der Waals surface area (Å²) in [7, 11) is 0. The van der Waals surface area contributed by atoms with Gasteiger partial charge in [0.1, 0.15) is 11.7 Å². The molecule has 2 saturated heterocycles. The lowest BCUT2D eigenvalue weighted by molar-refractivity contribution is -0.147. The second kappa shape index (κ2) is 8.98. The first-order chi connectivity index (χ1) is 15.3. The van der Waals surface area contributed by atoms with Crippen molar-refractivity contribution in [3.63, 3.8) is 0 Å². The van der Waals surface area contributed by atoms with Crippen LogP contribution in [0.25, 0.3) is 0 Å². The average Bonchev–Trinajstić information content (AvgIpc) is 2.79. The zero-order valence-corrected chi connectivity index (χ0v) is 18.3. The number of benzene rings is 2. The molecule has 0 aromatic heterocycles. The lowest BCUT2D eigenvalue weighted by atomic mass is 10.0. The molecule has 0 spiro atoms. The van der Waals surface area contributed by atoms with Crippen molar-refractivity contribution in [2.24, 2.45) is 5.92 Å². The number of carbonyl (C=O) groups is 3. The number of urea groups is 1. The van der Waals surface area contributed by atoms with E-state index in [0.717, 1.165) is 10.6 Å². The Balaban J connectivity index is 1.42. The van der Waals surface area contributed by atoms with Gasteiger partial charge < -0.3 is 15.1 Å². The molecule has 1 N–H and O–H groups in total. The van der Waals surface area contributed by atoms with Crippen molar-refractivity contribution in [3.8, 4) is 0 Å². The van der Waals surface area contributed by atoms with Crippen LogP contribution in [0.1, 0.15) is 16.7 Å². The smallest absolute Gasteiger partial charge is 0.324 e. The number of aryl methyl sites for hydroxylation is 2. The molecular weight excluding hydrogens is 411 g/mol. The average molecular weight is 439 g/mol. The summed E-state index contributed by atoms with van der Waals surface area (Å²) in [6, 6.07) is 11.7. The Morgan fingerprint density at radius 3 is 2.50 bits per heavy atom. The van der Waals surface area contributed by atoms with Crippen LogP contribution in [0, 0.1) is 25.6 Å². The second-order valence-electron chi connectivity index (χ2n) is 8.36. The molecule has 0 aliphatic carbocycles.